The molecule has 0 radical (unpaired) electrons. The second-order valence-corrected chi connectivity index (χ2v) is 10.2. The number of fused-ring (bicyclic) bond motifs is 2. The molecule has 3 aromatic rings. The molecule has 1 unspecified atom stereocenters. The maximum Gasteiger partial charge on any atom is 0.256 e. The summed E-state index contributed by atoms with van der Waals surface area (Å²) in [5, 5.41) is 12.9. The molecule has 2 saturated heterocycles. The van der Waals surface area contributed by atoms with Gasteiger partial charge in [0.05, 0.1) is 31.6 Å². The number of methoxy groups -OCH3 is 1. The number of likely N-dealkylation sites (N-methyl/N-ethyl adjacent to an activating group) is 1. The Morgan fingerprint density at radius 1 is 1.10 bits per heavy atom. The molecule has 0 aliphatic carbocycles. The zero-order valence-corrected chi connectivity index (χ0v) is 22.0. The lowest BCUT2D eigenvalue weighted by atomic mass is 9.90. The largest absolute Gasteiger partial charge is 0.492 e. The number of rotatable bonds is 4. The average Bonchev–Trinajstić information content (AvgIpc) is 3.74. The van der Waals surface area contributed by atoms with E-state index in [0.717, 1.165) is 24.1 Å². The second-order valence-electron chi connectivity index (χ2n) is 10.2. The first kappa shape index (κ1) is 24.3. The van der Waals surface area contributed by atoms with E-state index in [2.05, 4.69) is 20.4 Å². The zero-order chi connectivity index (χ0) is 26.6. The molecule has 1 spiro atoms. The Morgan fingerprint density at radius 3 is 2.69 bits per heavy atom. The lowest BCUT2D eigenvalue weighted by molar-refractivity contribution is -0.181. The molecule has 12 nitrogen and oxygen atoms in total. The fourth-order valence-corrected chi connectivity index (χ4v) is 6.14. The number of hydrogen-bond acceptors (Lipinski definition) is 10. The Kier molecular flexibility index (Phi) is 5.90. The van der Waals surface area contributed by atoms with E-state index < -0.39 is 5.79 Å². The van der Waals surface area contributed by atoms with Gasteiger partial charge in [0.15, 0.2) is 23.1 Å². The van der Waals surface area contributed by atoms with Crippen molar-refractivity contribution in [3.05, 3.63) is 52.8 Å². The SMILES string of the molecule is COc1c2c(cc3c1C(c1nnnn1-c1ccccc1C(=O)N1CCC4(CC1)OCCO4)N(C)CC3)OCO2. The van der Waals surface area contributed by atoms with Crippen molar-refractivity contribution >= 4 is 5.91 Å². The maximum absolute atomic E-state index is 13.8. The van der Waals surface area contributed by atoms with Crippen molar-refractivity contribution in [1.82, 2.24) is 30.0 Å². The highest BCUT2D eigenvalue weighted by atomic mass is 16.7. The van der Waals surface area contributed by atoms with Gasteiger partial charge in [-0.2, -0.15) is 4.68 Å². The molecule has 0 bridgehead atoms. The monoisotopic (exact) mass is 534 g/mol. The Labute approximate surface area is 225 Å². The van der Waals surface area contributed by atoms with E-state index in [9.17, 15) is 4.79 Å². The summed E-state index contributed by atoms with van der Waals surface area (Å²) in [5.74, 6) is 1.85. The van der Waals surface area contributed by atoms with Crippen LogP contribution in [0, 0.1) is 0 Å². The smallest absolute Gasteiger partial charge is 0.256 e. The number of carbonyl (C=O) groups excluding carboxylic acids is 1. The van der Waals surface area contributed by atoms with Crippen LogP contribution in [0.4, 0.5) is 0 Å². The van der Waals surface area contributed by atoms with Gasteiger partial charge < -0.3 is 28.6 Å². The first-order chi connectivity index (χ1) is 19.1. The summed E-state index contributed by atoms with van der Waals surface area (Å²) >= 11 is 0. The number of nitrogens with zero attached hydrogens (tertiary/aromatic N) is 6. The molecule has 2 fully saturated rings. The summed E-state index contributed by atoms with van der Waals surface area (Å²) in [7, 11) is 3.66. The highest BCUT2D eigenvalue weighted by molar-refractivity contribution is 5.97. The number of benzene rings is 2. The van der Waals surface area contributed by atoms with E-state index in [1.54, 1.807) is 11.8 Å². The Morgan fingerprint density at radius 2 is 1.90 bits per heavy atom. The molecular formula is C27H30N6O6. The van der Waals surface area contributed by atoms with Gasteiger partial charge in [-0.1, -0.05) is 12.1 Å². The van der Waals surface area contributed by atoms with E-state index in [1.807, 2.05) is 42.3 Å². The second kappa shape index (κ2) is 9.47. The van der Waals surface area contributed by atoms with Crippen molar-refractivity contribution < 1.29 is 28.5 Å². The quantitative estimate of drug-likeness (QED) is 0.492. The number of hydrogen-bond donors (Lipinski definition) is 0. The molecule has 39 heavy (non-hydrogen) atoms. The third-order valence-electron chi connectivity index (χ3n) is 8.12. The molecule has 1 atom stereocenters. The van der Waals surface area contributed by atoms with Gasteiger partial charge in [-0.05, 0) is 47.7 Å². The van der Waals surface area contributed by atoms with Crippen LogP contribution < -0.4 is 14.2 Å². The van der Waals surface area contributed by atoms with Crippen LogP contribution in [0.15, 0.2) is 30.3 Å². The lowest BCUT2D eigenvalue weighted by Crippen LogP contribution is -2.47. The first-order valence-electron chi connectivity index (χ1n) is 13.2. The van der Waals surface area contributed by atoms with Crippen molar-refractivity contribution in [2.75, 3.05) is 53.8 Å². The van der Waals surface area contributed by atoms with E-state index in [1.165, 1.54) is 0 Å². The number of carbonyl (C=O) groups is 1. The fourth-order valence-electron chi connectivity index (χ4n) is 6.14. The molecular weight excluding hydrogens is 504 g/mol. The predicted molar refractivity (Wildman–Crippen MR) is 136 cm³/mol. The average molecular weight is 535 g/mol. The van der Waals surface area contributed by atoms with Crippen molar-refractivity contribution in [1.29, 1.82) is 0 Å². The number of likely N-dealkylation sites (tertiary alicyclic amines) is 1. The first-order valence-corrected chi connectivity index (χ1v) is 13.2. The predicted octanol–water partition coefficient (Wildman–Crippen LogP) is 1.96. The molecule has 1 aromatic heterocycles. The van der Waals surface area contributed by atoms with Crippen LogP contribution in [0.5, 0.6) is 17.2 Å². The number of tetrazole rings is 1. The molecule has 4 aliphatic rings. The number of para-hydroxylation sites is 1. The van der Waals surface area contributed by atoms with E-state index in [4.69, 9.17) is 23.7 Å². The molecule has 2 aromatic carbocycles. The Bertz CT molecular complexity index is 1410. The normalized spacial score (nSPS) is 21.8. The minimum Gasteiger partial charge on any atom is -0.492 e. The van der Waals surface area contributed by atoms with Gasteiger partial charge in [0.2, 0.25) is 12.5 Å². The molecule has 1 amide bonds. The van der Waals surface area contributed by atoms with Gasteiger partial charge in [0.25, 0.3) is 5.91 Å². The number of piperidine rings is 1. The third kappa shape index (κ3) is 3.93. The van der Waals surface area contributed by atoms with Crippen LogP contribution in [0.25, 0.3) is 5.69 Å². The summed E-state index contributed by atoms with van der Waals surface area (Å²) in [4.78, 5) is 17.8. The molecule has 12 heteroatoms. The summed E-state index contributed by atoms with van der Waals surface area (Å²) in [6.45, 7) is 3.25. The van der Waals surface area contributed by atoms with Gasteiger partial charge in [0.1, 0.15) is 6.04 Å². The van der Waals surface area contributed by atoms with Crippen LogP contribution in [-0.4, -0.2) is 95.5 Å². The Balaban J connectivity index is 1.26. The number of aromatic nitrogens is 4. The number of ether oxygens (including phenoxy) is 5. The van der Waals surface area contributed by atoms with E-state index in [-0.39, 0.29) is 18.7 Å². The van der Waals surface area contributed by atoms with Gasteiger partial charge in [0, 0.05) is 38.0 Å². The van der Waals surface area contributed by atoms with Gasteiger partial charge in [-0.25, -0.2) is 0 Å². The molecule has 0 N–H and O–H groups in total. The maximum atomic E-state index is 13.8. The van der Waals surface area contributed by atoms with Crippen LogP contribution in [-0.2, 0) is 15.9 Å². The summed E-state index contributed by atoms with van der Waals surface area (Å²) in [5.41, 5.74) is 3.19. The standard InChI is InChI=1S/C27H30N6O6/c1-31-10-7-17-15-20-23(37-16-36-20)24(35-2)21(17)22(31)25-28-29-30-33(25)19-6-4-3-5-18(19)26(34)32-11-8-27(9-12-32)38-13-14-39-27/h3-6,15,22H,7-14,16H2,1-2H3. The minimum atomic E-state index is -0.549. The highest BCUT2D eigenvalue weighted by Gasteiger charge is 2.42. The summed E-state index contributed by atoms with van der Waals surface area (Å²) in [6, 6.07) is 9.15. The molecule has 4 aliphatic heterocycles. The molecule has 0 saturated carbocycles. The van der Waals surface area contributed by atoms with Gasteiger partial charge in [-0.15, -0.1) is 5.10 Å². The van der Waals surface area contributed by atoms with Crippen LogP contribution in [0.1, 0.15) is 46.2 Å². The lowest BCUT2D eigenvalue weighted by Gasteiger charge is -2.37. The zero-order valence-electron chi connectivity index (χ0n) is 22.0. The van der Waals surface area contributed by atoms with Crippen molar-refractivity contribution in [2.45, 2.75) is 31.1 Å². The van der Waals surface area contributed by atoms with Gasteiger partial charge in [-0.3, -0.25) is 9.69 Å². The minimum absolute atomic E-state index is 0.0711. The van der Waals surface area contributed by atoms with Crippen LogP contribution >= 0.6 is 0 Å². The van der Waals surface area contributed by atoms with Crippen molar-refractivity contribution in [2.24, 2.45) is 0 Å². The Hall–Kier alpha value is -3.74. The van der Waals surface area contributed by atoms with E-state index in [0.29, 0.717) is 73.5 Å². The van der Waals surface area contributed by atoms with Crippen LogP contribution in [0.3, 0.4) is 0 Å². The summed E-state index contributed by atoms with van der Waals surface area (Å²) < 4.78 is 30.7. The summed E-state index contributed by atoms with van der Waals surface area (Å²) in [6.07, 6.45) is 2.11. The molecule has 7 rings (SSSR count). The topological polar surface area (TPSA) is 113 Å². The molecule has 204 valence electrons. The highest BCUT2D eigenvalue weighted by Crippen LogP contribution is 2.50. The van der Waals surface area contributed by atoms with Crippen molar-refractivity contribution in [3.8, 4) is 22.9 Å². The number of amides is 1. The third-order valence-corrected chi connectivity index (χ3v) is 8.12. The van der Waals surface area contributed by atoms with E-state index >= 15 is 0 Å². The van der Waals surface area contributed by atoms with Gasteiger partial charge >= 0.3 is 0 Å². The van der Waals surface area contributed by atoms with Crippen molar-refractivity contribution in [3.63, 3.8) is 0 Å². The fraction of sp³-hybridized carbons (Fsp3) is 0.481. The van der Waals surface area contributed by atoms with Crippen LogP contribution in [0.2, 0.25) is 0 Å². The molecule has 5 heterocycles.